The number of benzene rings is 2. The molecule has 0 aliphatic heterocycles. The summed E-state index contributed by atoms with van der Waals surface area (Å²) in [4.78, 5) is 18.2. The molecule has 4 nitrogen and oxygen atoms in total. The van der Waals surface area contributed by atoms with E-state index in [0.717, 1.165) is 41.9 Å². The first-order valence-corrected chi connectivity index (χ1v) is 12.8. The summed E-state index contributed by atoms with van der Waals surface area (Å²) in [7, 11) is -5.43. The van der Waals surface area contributed by atoms with Gasteiger partial charge in [0.1, 0.15) is 0 Å². The van der Waals surface area contributed by atoms with Crippen LogP contribution in [0.5, 0.6) is 0 Å². The van der Waals surface area contributed by atoms with Crippen molar-refractivity contribution in [3.8, 4) is 0 Å². The molecule has 0 aliphatic rings. The monoisotopic (exact) mass is 477 g/mol. The van der Waals surface area contributed by atoms with Crippen LogP contribution in [0, 0.1) is 0 Å². The summed E-state index contributed by atoms with van der Waals surface area (Å²) in [6, 6.07) is 16.0. The quantitative estimate of drug-likeness (QED) is 0.185. The van der Waals surface area contributed by atoms with Gasteiger partial charge in [0.05, 0.1) is 5.02 Å². The Morgan fingerprint density at radius 3 is 2.43 bits per heavy atom. The second kappa shape index (κ2) is 12.2. The van der Waals surface area contributed by atoms with Gasteiger partial charge in [-0.25, -0.2) is 0 Å². The van der Waals surface area contributed by atoms with E-state index in [1.165, 1.54) is 5.56 Å². The zero-order valence-electron chi connectivity index (χ0n) is 16.6. The second-order valence-electron chi connectivity index (χ2n) is 7.05. The molecule has 9 heteroatoms. The molecule has 0 saturated carbocycles. The van der Waals surface area contributed by atoms with Gasteiger partial charge in [-0.15, -0.1) is 11.8 Å². The van der Waals surface area contributed by atoms with E-state index in [1.807, 2.05) is 18.2 Å². The summed E-state index contributed by atoms with van der Waals surface area (Å²) < 4.78 is 37.2. The first-order valence-electron chi connectivity index (χ1n) is 9.78. The van der Waals surface area contributed by atoms with Crippen LogP contribution < -0.4 is 5.32 Å². The van der Waals surface area contributed by atoms with Gasteiger partial charge in [0, 0.05) is 24.4 Å². The number of nitrogens with one attached hydrogen (secondary N) is 1. The van der Waals surface area contributed by atoms with Gasteiger partial charge in [0.25, 0.3) is 0 Å². The average molecular weight is 478 g/mol. The summed E-state index contributed by atoms with van der Waals surface area (Å²) in [6.45, 7) is 0.0800. The van der Waals surface area contributed by atoms with Gasteiger partial charge in [-0.05, 0) is 48.3 Å². The fraction of sp³-hybridized carbons (Fsp3) is 0.429. The smallest absolute Gasteiger partial charge is 0.320 e. The number of rotatable bonds is 13. The van der Waals surface area contributed by atoms with Crippen LogP contribution in [0.15, 0.2) is 53.4 Å². The fourth-order valence-corrected chi connectivity index (χ4v) is 4.52. The maximum absolute atomic E-state index is 13.2. The van der Waals surface area contributed by atoms with Gasteiger partial charge in [0.15, 0.2) is 0 Å². The summed E-state index contributed by atoms with van der Waals surface area (Å²) >= 11 is 8.02. The van der Waals surface area contributed by atoms with Gasteiger partial charge in [-0.2, -0.15) is 8.78 Å². The van der Waals surface area contributed by atoms with Crippen molar-refractivity contribution in [2.24, 2.45) is 0 Å². The summed E-state index contributed by atoms with van der Waals surface area (Å²) in [5.74, 6) is 0.976. The van der Waals surface area contributed by atoms with Crippen LogP contribution in [0.4, 0.5) is 8.78 Å². The van der Waals surface area contributed by atoms with Crippen LogP contribution in [0.2, 0.25) is 5.02 Å². The van der Waals surface area contributed by atoms with Crippen LogP contribution in [0.3, 0.4) is 0 Å². The Labute approximate surface area is 185 Å². The molecule has 0 amide bonds. The Kier molecular flexibility index (Phi) is 10.3. The van der Waals surface area contributed by atoms with Crippen molar-refractivity contribution >= 4 is 31.0 Å². The number of thioether (sulfide) groups is 1. The molecule has 0 spiro atoms. The number of hydrogen-bond acceptors (Lipinski definition) is 3. The third-order valence-electron chi connectivity index (χ3n) is 4.56. The molecule has 0 aliphatic carbocycles. The molecular weight excluding hydrogens is 451 g/mol. The van der Waals surface area contributed by atoms with Gasteiger partial charge < -0.3 is 15.1 Å². The lowest BCUT2D eigenvalue weighted by Gasteiger charge is -2.17. The highest BCUT2D eigenvalue weighted by Crippen LogP contribution is 2.54. The molecule has 0 bridgehead atoms. The van der Waals surface area contributed by atoms with Crippen LogP contribution in [0.25, 0.3) is 0 Å². The largest absolute Gasteiger partial charge is 0.394 e. The third-order valence-corrected chi connectivity index (χ3v) is 7.22. The molecule has 0 saturated heterocycles. The summed E-state index contributed by atoms with van der Waals surface area (Å²) in [5.41, 5.74) is -1.83. The van der Waals surface area contributed by atoms with Gasteiger partial charge in [-0.3, -0.25) is 4.57 Å². The topological polar surface area (TPSA) is 69.6 Å². The van der Waals surface area contributed by atoms with Crippen LogP contribution in [-0.2, 0) is 17.5 Å². The molecule has 0 fully saturated rings. The highest BCUT2D eigenvalue weighted by Gasteiger charge is 2.47. The molecule has 2 aromatic rings. The highest BCUT2D eigenvalue weighted by molar-refractivity contribution is 7.99. The highest BCUT2D eigenvalue weighted by atomic mass is 35.5. The van der Waals surface area contributed by atoms with Crippen molar-refractivity contribution in [1.29, 1.82) is 0 Å². The maximum Gasteiger partial charge on any atom is 0.394 e. The van der Waals surface area contributed by atoms with Crippen LogP contribution in [0.1, 0.15) is 36.8 Å². The molecule has 2 rings (SSSR count). The average Bonchev–Trinajstić information content (AvgIpc) is 2.69. The standard InChI is InChI=1S/C21H27ClF2NO3PS/c22-19-15-18(16-25-13-12-21(23,24)29(26,27)28)10-11-20(19)30-14-6-2-5-9-17-7-3-1-4-8-17/h1,3-4,7-8,10-11,15,25H,2,5-6,9,12-14,16H2,(H2,26,27,28). The Morgan fingerprint density at radius 2 is 1.77 bits per heavy atom. The fourth-order valence-electron chi connectivity index (χ4n) is 2.82. The van der Waals surface area contributed by atoms with Gasteiger partial charge >= 0.3 is 13.3 Å². The Hall–Kier alpha value is -0.950. The molecule has 0 radical (unpaired) electrons. The Morgan fingerprint density at radius 1 is 1.03 bits per heavy atom. The molecule has 2 aromatic carbocycles. The second-order valence-corrected chi connectivity index (χ2v) is 10.3. The van der Waals surface area contributed by atoms with Gasteiger partial charge in [0.2, 0.25) is 0 Å². The van der Waals surface area contributed by atoms with Crippen molar-refractivity contribution in [2.75, 3.05) is 12.3 Å². The number of halogens is 3. The SMILES string of the molecule is O=P(O)(O)C(F)(F)CCNCc1ccc(SCCCCCc2ccccc2)c(Cl)c1. The van der Waals surface area contributed by atoms with E-state index in [-0.39, 0.29) is 6.54 Å². The van der Waals surface area contributed by atoms with Crippen molar-refractivity contribution in [2.45, 2.75) is 49.2 Å². The lowest BCUT2D eigenvalue weighted by molar-refractivity contribution is 0.0505. The van der Waals surface area contributed by atoms with E-state index < -0.39 is 19.7 Å². The van der Waals surface area contributed by atoms with Crippen LogP contribution in [-0.4, -0.2) is 27.7 Å². The van der Waals surface area contributed by atoms with E-state index in [1.54, 1.807) is 17.8 Å². The summed E-state index contributed by atoms with van der Waals surface area (Å²) in [5, 5.41) is 3.38. The zero-order chi connectivity index (χ0) is 22.0. The number of unbranched alkanes of at least 4 members (excludes halogenated alkanes) is 2. The molecule has 0 aromatic heterocycles. The molecule has 3 N–H and O–H groups in total. The number of aryl methyl sites for hydroxylation is 1. The van der Waals surface area contributed by atoms with E-state index in [0.29, 0.717) is 11.6 Å². The third kappa shape index (κ3) is 8.66. The van der Waals surface area contributed by atoms with Crippen molar-refractivity contribution < 1.29 is 23.1 Å². The number of hydrogen-bond donors (Lipinski definition) is 3. The minimum Gasteiger partial charge on any atom is -0.320 e. The molecule has 0 atom stereocenters. The Bertz CT molecular complexity index is 836. The lowest BCUT2D eigenvalue weighted by atomic mass is 10.1. The van der Waals surface area contributed by atoms with Gasteiger partial charge in [-0.1, -0.05) is 54.4 Å². The van der Waals surface area contributed by atoms with E-state index >= 15 is 0 Å². The van der Waals surface area contributed by atoms with E-state index in [2.05, 4.69) is 29.6 Å². The minimum atomic E-state index is -5.43. The van der Waals surface area contributed by atoms with Crippen molar-refractivity contribution in [3.05, 3.63) is 64.7 Å². The first-order chi connectivity index (χ1) is 14.2. The predicted molar refractivity (Wildman–Crippen MR) is 119 cm³/mol. The zero-order valence-corrected chi connectivity index (χ0v) is 19.0. The summed E-state index contributed by atoms with van der Waals surface area (Å²) in [6.07, 6.45) is 3.58. The molecule has 0 heterocycles. The van der Waals surface area contributed by atoms with Crippen molar-refractivity contribution in [1.82, 2.24) is 5.32 Å². The van der Waals surface area contributed by atoms with E-state index in [4.69, 9.17) is 21.4 Å². The normalized spacial score (nSPS) is 12.3. The maximum atomic E-state index is 13.2. The minimum absolute atomic E-state index is 0.213. The molecular formula is C21H27ClF2NO3PS. The van der Waals surface area contributed by atoms with Crippen molar-refractivity contribution in [3.63, 3.8) is 0 Å². The molecule has 0 unspecified atom stereocenters. The molecule has 166 valence electrons. The lowest BCUT2D eigenvalue weighted by Crippen LogP contribution is -2.24. The van der Waals surface area contributed by atoms with E-state index in [9.17, 15) is 13.3 Å². The van der Waals surface area contributed by atoms with Crippen LogP contribution >= 0.6 is 31.0 Å². The first kappa shape index (κ1) is 25.3. The molecule has 30 heavy (non-hydrogen) atoms. The Balaban J connectivity index is 1.65. The predicted octanol–water partition coefficient (Wildman–Crippen LogP) is 6.10. The number of alkyl halides is 2.